The Kier molecular flexibility index (Phi) is 5.63. The van der Waals surface area contributed by atoms with Crippen LogP contribution in [-0.4, -0.2) is 29.2 Å². The molecular weight excluding hydrogens is 362 g/mol. The lowest BCUT2D eigenvalue weighted by Gasteiger charge is -2.39. The Morgan fingerprint density at radius 2 is 1.45 bits per heavy atom. The smallest absolute Gasteiger partial charge is 0.410 e. The molecule has 0 unspecified atom stereocenters. The van der Waals surface area contributed by atoms with Crippen molar-refractivity contribution in [3.8, 4) is 11.1 Å². The van der Waals surface area contributed by atoms with E-state index >= 15 is 0 Å². The van der Waals surface area contributed by atoms with Crippen molar-refractivity contribution >= 4 is 6.09 Å². The molecule has 4 heteroatoms. The van der Waals surface area contributed by atoms with Crippen LogP contribution in [0.1, 0.15) is 24.0 Å². The molecule has 0 spiro atoms. The summed E-state index contributed by atoms with van der Waals surface area (Å²) in [5, 5.41) is 11.4. The van der Waals surface area contributed by atoms with Crippen LogP contribution >= 0.6 is 0 Å². The molecule has 1 amide bonds. The number of nitrogens with zero attached hydrogens (tertiary/aromatic N) is 1. The first-order valence-corrected chi connectivity index (χ1v) is 9.99. The van der Waals surface area contributed by atoms with Gasteiger partial charge in [0, 0.05) is 13.1 Å². The molecule has 4 nitrogen and oxygen atoms in total. The lowest BCUT2D eigenvalue weighted by Crippen LogP contribution is -2.45. The number of amides is 1. The van der Waals surface area contributed by atoms with E-state index in [-0.39, 0.29) is 12.7 Å². The molecule has 1 saturated heterocycles. The fourth-order valence-electron chi connectivity index (χ4n) is 3.90. The maximum atomic E-state index is 12.4. The zero-order chi connectivity index (χ0) is 20.1. The number of carbonyl (C=O) groups is 1. The highest BCUT2D eigenvalue weighted by atomic mass is 16.6. The normalized spacial score (nSPS) is 15.7. The Balaban J connectivity index is 1.43. The van der Waals surface area contributed by atoms with Gasteiger partial charge in [-0.05, 0) is 35.1 Å². The lowest BCUT2D eigenvalue weighted by molar-refractivity contribution is -0.0250. The first kappa shape index (κ1) is 19.2. The van der Waals surface area contributed by atoms with Gasteiger partial charge in [-0.15, -0.1) is 0 Å². The quantitative estimate of drug-likeness (QED) is 0.687. The monoisotopic (exact) mass is 387 g/mol. The second kappa shape index (κ2) is 8.50. The average molecular weight is 387 g/mol. The Hall–Kier alpha value is -3.11. The molecule has 0 aromatic heterocycles. The number of carbonyl (C=O) groups excluding carboxylic acids is 1. The molecule has 1 heterocycles. The predicted molar refractivity (Wildman–Crippen MR) is 113 cm³/mol. The maximum Gasteiger partial charge on any atom is 0.410 e. The minimum atomic E-state index is -0.956. The van der Waals surface area contributed by atoms with Crippen molar-refractivity contribution < 1.29 is 14.6 Å². The first-order chi connectivity index (χ1) is 14.2. The fraction of sp³-hybridized carbons (Fsp3) is 0.240. The van der Waals surface area contributed by atoms with Crippen LogP contribution in [-0.2, 0) is 16.9 Å². The second-order valence-corrected chi connectivity index (χ2v) is 7.47. The van der Waals surface area contributed by atoms with Crippen LogP contribution < -0.4 is 0 Å². The fourth-order valence-corrected chi connectivity index (χ4v) is 3.90. The topological polar surface area (TPSA) is 49.8 Å². The summed E-state index contributed by atoms with van der Waals surface area (Å²) < 4.78 is 5.44. The summed E-state index contributed by atoms with van der Waals surface area (Å²) in [6.07, 6.45) is 0.640. The van der Waals surface area contributed by atoms with Gasteiger partial charge in [0.1, 0.15) is 6.61 Å². The molecule has 3 aromatic rings. The third kappa shape index (κ3) is 4.33. The van der Waals surface area contributed by atoms with E-state index in [0.29, 0.717) is 25.9 Å². The average Bonchev–Trinajstić information content (AvgIpc) is 2.79. The van der Waals surface area contributed by atoms with E-state index in [1.54, 1.807) is 4.90 Å². The minimum absolute atomic E-state index is 0.261. The van der Waals surface area contributed by atoms with Gasteiger partial charge in [-0.3, -0.25) is 0 Å². The van der Waals surface area contributed by atoms with Gasteiger partial charge in [0.15, 0.2) is 0 Å². The summed E-state index contributed by atoms with van der Waals surface area (Å²) in [5.41, 5.74) is 3.05. The van der Waals surface area contributed by atoms with Crippen LogP contribution in [0.4, 0.5) is 4.79 Å². The molecule has 4 rings (SSSR count). The number of hydrogen-bond donors (Lipinski definition) is 1. The highest BCUT2D eigenvalue weighted by Gasteiger charge is 2.37. The molecule has 0 atom stereocenters. The van der Waals surface area contributed by atoms with Crippen LogP contribution in [0.15, 0.2) is 84.9 Å². The molecule has 3 aromatic carbocycles. The number of aliphatic hydroxyl groups is 1. The van der Waals surface area contributed by atoms with Crippen molar-refractivity contribution in [3.63, 3.8) is 0 Å². The molecule has 1 N–H and O–H groups in total. The Bertz CT molecular complexity index is 948. The Morgan fingerprint density at radius 1 is 0.862 bits per heavy atom. The van der Waals surface area contributed by atoms with Gasteiger partial charge < -0.3 is 14.7 Å². The Morgan fingerprint density at radius 3 is 2.14 bits per heavy atom. The van der Waals surface area contributed by atoms with Crippen LogP contribution in [0, 0.1) is 0 Å². The zero-order valence-corrected chi connectivity index (χ0v) is 16.3. The molecule has 0 aliphatic carbocycles. The van der Waals surface area contributed by atoms with E-state index in [4.69, 9.17) is 4.74 Å². The van der Waals surface area contributed by atoms with E-state index in [9.17, 15) is 9.90 Å². The third-order valence-electron chi connectivity index (χ3n) is 5.57. The summed E-state index contributed by atoms with van der Waals surface area (Å²) >= 11 is 0. The summed E-state index contributed by atoms with van der Waals surface area (Å²) in [6.45, 7) is 1.19. The van der Waals surface area contributed by atoms with E-state index in [1.807, 2.05) is 72.8 Å². The van der Waals surface area contributed by atoms with Crippen molar-refractivity contribution in [1.29, 1.82) is 0 Å². The van der Waals surface area contributed by atoms with Crippen molar-refractivity contribution in [2.75, 3.05) is 13.1 Å². The summed E-state index contributed by atoms with van der Waals surface area (Å²) in [5.74, 6) is 0. The van der Waals surface area contributed by atoms with Gasteiger partial charge in [0.2, 0.25) is 0 Å². The van der Waals surface area contributed by atoms with Gasteiger partial charge in [-0.25, -0.2) is 4.79 Å². The molecule has 148 valence electrons. The highest BCUT2D eigenvalue weighted by Crippen LogP contribution is 2.38. The van der Waals surface area contributed by atoms with Gasteiger partial charge in [0.25, 0.3) is 0 Å². The number of ether oxygens (including phenoxy) is 1. The van der Waals surface area contributed by atoms with E-state index in [2.05, 4.69) is 12.1 Å². The van der Waals surface area contributed by atoms with E-state index in [1.165, 1.54) is 0 Å². The second-order valence-electron chi connectivity index (χ2n) is 7.47. The summed E-state index contributed by atoms with van der Waals surface area (Å²) in [6, 6.07) is 27.7. The lowest BCUT2D eigenvalue weighted by atomic mass is 9.80. The molecular formula is C25H25NO3. The van der Waals surface area contributed by atoms with Gasteiger partial charge in [0.05, 0.1) is 5.60 Å². The number of hydrogen-bond acceptors (Lipinski definition) is 3. The molecule has 29 heavy (non-hydrogen) atoms. The van der Waals surface area contributed by atoms with Crippen LogP contribution in [0.3, 0.4) is 0 Å². The van der Waals surface area contributed by atoms with Gasteiger partial charge >= 0.3 is 6.09 Å². The summed E-state index contributed by atoms with van der Waals surface area (Å²) in [7, 11) is 0. The van der Waals surface area contributed by atoms with Crippen molar-refractivity contribution in [2.24, 2.45) is 0 Å². The van der Waals surface area contributed by atoms with Crippen LogP contribution in [0.5, 0.6) is 0 Å². The van der Waals surface area contributed by atoms with Gasteiger partial charge in [-0.2, -0.15) is 0 Å². The largest absolute Gasteiger partial charge is 0.445 e. The van der Waals surface area contributed by atoms with Crippen molar-refractivity contribution in [1.82, 2.24) is 4.90 Å². The highest BCUT2D eigenvalue weighted by molar-refractivity contribution is 5.69. The number of benzene rings is 3. The van der Waals surface area contributed by atoms with Gasteiger partial charge in [-0.1, -0.05) is 84.9 Å². The Labute approximate surface area is 171 Å². The molecule has 0 radical (unpaired) electrons. The molecule has 0 saturated carbocycles. The maximum absolute atomic E-state index is 12.4. The number of rotatable bonds is 4. The number of piperidine rings is 1. The first-order valence-electron chi connectivity index (χ1n) is 9.99. The van der Waals surface area contributed by atoms with Crippen molar-refractivity contribution in [3.05, 3.63) is 96.1 Å². The molecule has 1 fully saturated rings. The summed E-state index contributed by atoms with van der Waals surface area (Å²) in [4.78, 5) is 14.1. The van der Waals surface area contributed by atoms with E-state index < -0.39 is 5.60 Å². The SMILES string of the molecule is O=C(OCc1ccccc1)N1CCC(O)(c2ccccc2-c2ccccc2)CC1. The van der Waals surface area contributed by atoms with Crippen LogP contribution in [0.2, 0.25) is 0 Å². The third-order valence-corrected chi connectivity index (χ3v) is 5.57. The molecule has 1 aliphatic rings. The predicted octanol–water partition coefficient (Wildman–Crippen LogP) is 4.97. The minimum Gasteiger partial charge on any atom is -0.445 e. The standard InChI is InChI=1S/C25H25NO3/c27-24(29-19-20-9-3-1-4-10-20)26-17-15-25(28,16-18-26)23-14-8-7-13-22(23)21-11-5-2-6-12-21/h1-14,28H,15-19H2. The number of likely N-dealkylation sites (tertiary alicyclic amines) is 1. The van der Waals surface area contributed by atoms with Crippen LogP contribution in [0.25, 0.3) is 11.1 Å². The molecule has 1 aliphatic heterocycles. The molecule has 0 bridgehead atoms. The van der Waals surface area contributed by atoms with Crippen molar-refractivity contribution in [2.45, 2.75) is 25.0 Å². The zero-order valence-electron chi connectivity index (χ0n) is 16.3. The van der Waals surface area contributed by atoms with E-state index in [0.717, 1.165) is 22.3 Å².